The molecule has 10 nitrogen and oxygen atoms in total. The fourth-order valence-corrected chi connectivity index (χ4v) is 3.49. The predicted octanol–water partition coefficient (Wildman–Crippen LogP) is 3.65. The summed E-state index contributed by atoms with van der Waals surface area (Å²) in [4.78, 5) is 34.1. The maximum atomic E-state index is 13.0. The first kappa shape index (κ1) is 26.5. The lowest BCUT2D eigenvalue weighted by Gasteiger charge is -2.14. The molecule has 1 aromatic carbocycles. The number of amides is 1. The number of hydrogen-bond acceptors (Lipinski definition) is 7. The van der Waals surface area contributed by atoms with Crippen molar-refractivity contribution in [1.29, 1.82) is 0 Å². The number of carbonyl (C=O) groups excluding carboxylic acids is 1. The van der Waals surface area contributed by atoms with Crippen molar-refractivity contribution >= 4 is 19.5 Å². The van der Waals surface area contributed by atoms with E-state index < -0.39 is 26.4 Å². The van der Waals surface area contributed by atoms with Crippen molar-refractivity contribution in [3.8, 4) is 17.2 Å². The molecular weight excluding hydrogens is 480 g/mol. The van der Waals surface area contributed by atoms with Gasteiger partial charge in [0.25, 0.3) is 0 Å². The van der Waals surface area contributed by atoms with Crippen molar-refractivity contribution < 1.29 is 37.2 Å². The second-order valence-corrected chi connectivity index (χ2v) is 8.93. The summed E-state index contributed by atoms with van der Waals surface area (Å²) in [7, 11) is -4.74. The number of phosphoric ester groups is 1. The lowest BCUT2D eigenvalue weighted by Crippen LogP contribution is -2.39. The standard InChI is InChI=1S/C23H27FN3O7P/c24-17-9-7-16(8-10-17)5-2-1-3-13-32-20-11-12-21(26-22(20)19-6-4-14-33-19)27-23(28)18(25)15-34-35(29,30)31/h4,6-12,14,18H,1-3,5,13,15,25H2,(H,26,27,28)(H2,29,30,31). The van der Waals surface area contributed by atoms with Gasteiger partial charge in [0.2, 0.25) is 5.91 Å². The van der Waals surface area contributed by atoms with Crippen LogP contribution in [0.3, 0.4) is 0 Å². The van der Waals surface area contributed by atoms with E-state index in [1.807, 2.05) is 0 Å². The maximum Gasteiger partial charge on any atom is 0.469 e. The monoisotopic (exact) mass is 507 g/mol. The van der Waals surface area contributed by atoms with E-state index in [0.29, 0.717) is 23.8 Å². The molecule has 1 atom stereocenters. The van der Waals surface area contributed by atoms with Crippen LogP contribution in [-0.2, 0) is 20.3 Å². The van der Waals surface area contributed by atoms with Crippen LogP contribution >= 0.6 is 7.82 Å². The lowest BCUT2D eigenvalue weighted by atomic mass is 10.1. The highest BCUT2D eigenvalue weighted by Gasteiger charge is 2.21. The molecule has 0 radical (unpaired) electrons. The summed E-state index contributed by atoms with van der Waals surface area (Å²) in [5.74, 6) is 0.0727. The Bertz CT molecular complexity index is 1140. The van der Waals surface area contributed by atoms with Gasteiger partial charge in [0, 0.05) is 0 Å². The number of ether oxygens (including phenoxy) is 1. The average Bonchev–Trinajstić information content (AvgIpc) is 3.36. The van der Waals surface area contributed by atoms with Gasteiger partial charge in [0.1, 0.15) is 29.1 Å². The molecule has 188 valence electrons. The number of nitrogens with zero attached hydrogens (tertiary/aromatic N) is 1. The van der Waals surface area contributed by atoms with Crippen LogP contribution in [0.25, 0.3) is 11.5 Å². The number of rotatable bonds is 13. The second kappa shape index (κ2) is 12.6. The molecule has 1 amide bonds. The minimum Gasteiger partial charge on any atom is -0.491 e. The lowest BCUT2D eigenvalue weighted by molar-refractivity contribution is -0.118. The number of carbonyl (C=O) groups is 1. The molecule has 35 heavy (non-hydrogen) atoms. The summed E-state index contributed by atoms with van der Waals surface area (Å²) in [6.45, 7) is -0.224. The van der Waals surface area contributed by atoms with E-state index in [9.17, 15) is 13.8 Å². The summed E-state index contributed by atoms with van der Waals surface area (Å²) in [5, 5.41) is 2.48. The molecule has 0 aliphatic heterocycles. The third kappa shape index (κ3) is 8.89. The van der Waals surface area contributed by atoms with Gasteiger partial charge in [-0.2, -0.15) is 0 Å². The largest absolute Gasteiger partial charge is 0.491 e. The zero-order valence-corrected chi connectivity index (χ0v) is 19.7. The van der Waals surface area contributed by atoms with Gasteiger partial charge in [-0.3, -0.25) is 9.32 Å². The van der Waals surface area contributed by atoms with E-state index in [1.165, 1.54) is 24.5 Å². The summed E-state index contributed by atoms with van der Waals surface area (Å²) in [6.07, 6.45) is 5.00. The molecule has 0 aliphatic carbocycles. The van der Waals surface area contributed by atoms with Gasteiger partial charge in [-0.05, 0) is 67.6 Å². The smallest absolute Gasteiger partial charge is 0.469 e. The zero-order chi connectivity index (χ0) is 25.3. The van der Waals surface area contributed by atoms with E-state index in [0.717, 1.165) is 31.2 Å². The average molecular weight is 507 g/mol. The van der Waals surface area contributed by atoms with Gasteiger partial charge >= 0.3 is 7.82 Å². The van der Waals surface area contributed by atoms with E-state index in [4.69, 9.17) is 24.7 Å². The normalized spacial score (nSPS) is 12.3. The van der Waals surface area contributed by atoms with Crippen LogP contribution in [0.1, 0.15) is 24.8 Å². The fourth-order valence-electron chi connectivity index (χ4n) is 3.14. The number of hydrogen-bond donors (Lipinski definition) is 4. The van der Waals surface area contributed by atoms with Crippen molar-refractivity contribution in [2.45, 2.75) is 31.7 Å². The number of nitrogens with two attached hydrogens (primary N) is 1. The van der Waals surface area contributed by atoms with Crippen molar-refractivity contribution in [3.05, 3.63) is 66.2 Å². The number of unbranched alkanes of at least 4 members (excludes halogenated alkanes) is 2. The van der Waals surface area contributed by atoms with Crippen LogP contribution in [0, 0.1) is 5.82 Å². The summed E-state index contributed by atoms with van der Waals surface area (Å²) >= 11 is 0. The molecule has 0 spiro atoms. The van der Waals surface area contributed by atoms with Crippen LogP contribution < -0.4 is 15.8 Å². The molecule has 0 bridgehead atoms. The SMILES string of the molecule is NC(COP(=O)(O)O)C(=O)Nc1ccc(OCCCCCc2ccc(F)cc2)c(-c2ccco2)n1. The Morgan fingerprint density at radius 3 is 2.60 bits per heavy atom. The third-order valence-electron chi connectivity index (χ3n) is 4.90. The molecule has 0 aliphatic rings. The number of phosphoric acid groups is 1. The van der Waals surface area contributed by atoms with Gasteiger partial charge in [0.05, 0.1) is 19.5 Å². The highest BCUT2D eigenvalue weighted by atomic mass is 31.2. The molecule has 0 saturated carbocycles. The van der Waals surface area contributed by atoms with E-state index in [2.05, 4.69) is 14.8 Å². The number of anilines is 1. The molecule has 0 fully saturated rings. The maximum absolute atomic E-state index is 13.0. The Kier molecular flexibility index (Phi) is 9.53. The van der Waals surface area contributed by atoms with Gasteiger partial charge in [0.15, 0.2) is 5.76 Å². The van der Waals surface area contributed by atoms with Crippen LogP contribution in [-0.4, -0.2) is 39.9 Å². The van der Waals surface area contributed by atoms with Gasteiger partial charge < -0.3 is 30.0 Å². The minimum absolute atomic E-state index is 0.152. The molecule has 5 N–H and O–H groups in total. The quantitative estimate of drug-likeness (QED) is 0.200. The van der Waals surface area contributed by atoms with Gasteiger partial charge in [-0.25, -0.2) is 13.9 Å². The van der Waals surface area contributed by atoms with Crippen LogP contribution in [0.5, 0.6) is 5.75 Å². The second-order valence-electron chi connectivity index (χ2n) is 7.69. The zero-order valence-electron chi connectivity index (χ0n) is 18.8. The fraction of sp³-hybridized carbons (Fsp3) is 0.304. The van der Waals surface area contributed by atoms with Crippen LogP contribution in [0.15, 0.2) is 59.2 Å². The summed E-state index contributed by atoms with van der Waals surface area (Å²) < 4.78 is 39.4. The predicted molar refractivity (Wildman–Crippen MR) is 126 cm³/mol. The van der Waals surface area contributed by atoms with Crippen LogP contribution in [0.2, 0.25) is 0 Å². The van der Waals surface area contributed by atoms with E-state index >= 15 is 0 Å². The Hall–Kier alpha value is -3.08. The first-order valence-corrected chi connectivity index (χ1v) is 12.4. The molecule has 0 saturated heterocycles. The number of aryl methyl sites for hydroxylation is 1. The molecule has 2 aromatic heterocycles. The number of furan rings is 1. The Balaban J connectivity index is 1.54. The molecule has 1 unspecified atom stereocenters. The Morgan fingerprint density at radius 2 is 1.91 bits per heavy atom. The molecule has 3 aromatic rings. The third-order valence-corrected chi connectivity index (χ3v) is 5.39. The summed E-state index contributed by atoms with van der Waals surface area (Å²) in [5.41, 5.74) is 7.08. The van der Waals surface area contributed by atoms with Gasteiger partial charge in [-0.15, -0.1) is 0 Å². The number of halogens is 1. The first-order chi connectivity index (χ1) is 16.7. The van der Waals surface area contributed by atoms with E-state index in [-0.39, 0.29) is 11.6 Å². The number of benzene rings is 1. The number of nitrogens with one attached hydrogen (secondary N) is 1. The molecular formula is C23H27FN3O7P. The highest BCUT2D eigenvalue weighted by molar-refractivity contribution is 7.46. The van der Waals surface area contributed by atoms with Crippen molar-refractivity contribution in [2.75, 3.05) is 18.5 Å². The number of pyridine rings is 1. The van der Waals surface area contributed by atoms with Crippen molar-refractivity contribution in [1.82, 2.24) is 4.98 Å². The minimum atomic E-state index is -4.74. The van der Waals surface area contributed by atoms with E-state index in [1.54, 1.807) is 30.3 Å². The molecule has 3 rings (SSSR count). The van der Waals surface area contributed by atoms with Crippen LogP contribution in [0.4, 0.5) is 10.2 Å². The highest BCUT2D eigenvalue weighted by Crippen LogP contribution is 2.35. The van der Waals surface area contributed by atoms with Gasteiger partial charge in [-0.1, -0.05) is 12.1 Å². The topological polar surface area (TPSA) is 157 Å². The molecule has 12 heteroatoms. The Morgan fingerprint density at radius 1 is 1.14 bits per heavy atom. The van der Waals surface area contributed by atoms with Crippen molar-refractivity contribution in [2.24, 2.45) is 5.73 Å². The first-order valence-electron chi connectivity index (χ1n) is 10.9. The Labute approximate surface area is 201 Å². The number of aromatic nitrogens is 1. The summed E-state index contributed by atoms with van der Waals surface area (Å²) in [6, 6.07) is 11.7. The van der Waals surface area contributed by atoms with Crippen molar-refractivity contribution in [3.63, 3.8) is 0 Å². The molecule has 2 heterocycles.